The van der Waals surface area contributed by atoms with Crippen LogP contribution in [0.25, 0.3) is 0 Å². The van der Waals surface area contributed by atoms with Crippen molar-refractivity contribution in [2.75, 3.05) is 19.8 Å². The van der Waals surface area contributed by atoms with Gasteiger partial charge in [0.1, 0.15) is 11.5 Å². The van der Waals surface area contributed by atoms with E-state index < -0.39 is 16.0 Å². The van der Waals surface area contributed by atoms with Crippen molar-refractivity contribution in [3.63, 3.8) is 0 Å². The second-order valence-electron chi connectivity index (χ2n) is 7.88. The van der Waals surface area contributed by atoms with E-state index in [1.54, 1.807) is 55.5 Å². The molecule has 10 heteroatoms. The van der Waals surface area contributed by atoms with E-state index in [-0.39, 0.29) is 23.0 Å². The van der Waals surface area contributed by atoms with Crippen molar-refractivity contribution in [3.8, 4) is 23.0 Å². The van der Waals surface area contributed by atoms with E-state index >= 15 is 0 Å². The molecule has 200 valence electrons. The second kappa shape index (κ2) is 13.3. The molecule has 0 bridgehead atoms. The Morgan fingerprint density at radius 3 is 2.21 bits per heavy atom. The summed E-state index contributed by atoms with van der Waals surface area (Å²) in [5.74, 6) is 0.739. The van der Waals surface area contributed by atoms with Crippen LogP contribution in [0, 0.1) is 6.92 Å². The number of nitrogens with zero attached hydrogens (tertiary/aromatic N) is 1. The molecule has 0 aliphatic carbocycles. The monoisotopic (exact) mass is 538 g/mol. The smallest absolute Gasteiger partial charge is 0.339 e. The Morgan fingerprint density at radius 2 is 1.55 bits per heavy atom. The van der Waals surface area contributed by atoms with Crippen LogP contribution in [0.1, 0.15) is 35.3 Å². The maximum Gasteiger partial charge on any atom is 0.339 e. The number of nitrogens with one attached hydrogen (secondary N) is 1. The van der Waals surface area contributed by atoms with Gasteiger partial charge in [0.25, 0.3) is 5.91 Å². The molecule has 0 aliphatic rings. The second-order valence-corrected chi connectivity index (χ2v) is 9.43. The highest BCUT2D eigenvalue weighted by Crippen LogP contribution is 2.31. The number of hydrogen-bond donors (Lipinski definition) is 1. The summed E-state index contributed by atoms with van der Waals surface area (Å²) < 4.78 is 47.4. The standard InChI is InChI=1S/C28H30N2O7S/c1-5-16-36-24-15-11-22(18-27(24)35-7-3)28(31)30-29-19-21-10-14-25(26(17-21)34-6-2)37-38(32,33)23-12-8-20(4)9-13-23/h5,8-15,17-19H,1,6-7,16H2,2-4H3,(H,30,31)/b29-19+. The van der Waals surface area contributed by atoms with Crippen LogP contribution in [0.5, 0.6) is 23.0 Å². The highest BCUT2D eigenvalue weighted by Gasteiger charge is 2.19. The first kappa shape index (κ1) is 28.3. The molecule has 9 nitrogen and oxygen atoms in total. The maximum atomic E-state index is 12.7. The van der Waals surface area contributed by atoms with Crippen LogP contribution in [0.15, 0.2) is 83.3 Å². The van der Waals surface area contributed by atoms with Crippen LogP contribution in [-0.2, 0) is 10.1 Å². The average Bonchev–Trinajstić information content (AvgIpc) is 2.89. The minimum Gasteiger partial charge on any atom is -0.490 e. The number of aryl methyl sites for hydroxylation is 1. The molecule has 38 heavy (non-hydrogen) atoms. The minimum absolute atomic E-state index is 0.0340. The summed E-state index contributed by atoms with van der Waals surface area (Å²) >= 11 is 0. The SMILES string of the molecule is C=CCOc1ccc(C(=O)N/N=C/c2ccc(OS(=O)(=O)c3ccc(C)cc3)c(OCC)c2)cc1OCC. The Bertz CT molecular complexity index is 1400. The number of ether oxygens (including phenoxy) is 3. The molecule has 0 saturated carbocycles. The zero-order valence-electron chi connectivity index (χ0n) is 21.5. The topological polar surface area (TPSA) is 113 Å². The van der Waals surface area contributed by atoms with E-state index in [1.807, 2.05) is 13.8 Å². The fourth-order valence-electron chi connectivity index (χ4n) is 3.23. The number of amides is 1. The lowest BCUT2D eigenvalue weighted by Gasteiger charge is -2.13. The first-order valence-electron chi connectivity index (χ1n) is 11.9. The van der Waals surface area contributed by atoms with Crippen molar-refractivity contribution in [2.24, 2.45) is 5.10 Å². The average molecular weight is 539 g/mol. The normalized spacial score (nSPS) is 11.1. The molecule has 0 spiro atoms. The molecule has 3 rings (SSSR count). The largest absolute Gasteiger partial charge is 0.490 e. The van der Waals surface area contributed by atoms with Crippen molar-refractivity contribution >= 4 is 22.2 Å². The van der Waals surface area contributed by atoms with Crippen molar-refractivity contribution in [3.05, 3.63) is 90.0 Å². The van der Waals surface area contributed by atoms with Crippen molar-refractivity contribution in [1.29, 1.82) is 0 Å². The van der Waals surface area contributed by atoms with Gasteiger partial charge in [0.15, 0.2) is 23.0 Å². The molecule has 3 aromatic rings. The quantitative estimate of drug-likeness (QED) is 0.143. The third-order valence-electron chi connectivity index (χ3n) is 5.02. The third-order valence-corrected chi connectivity index (χ3v) is 6.27. The van der Waals surface area contributed by atoms with Crippen molar-refractivity contribution < 1.29 is 31.6 Å². The predicted molar refractivity (Wildman–Crippen MR) is 145 cm³/mol. The number of hydrazone groups is 1. The Kier molecular flexibility index (Phi) is 9.89. The lowest BCUT2D eigenvalue weighted by molar-refractivity contribution is 0.0954. The minimum atomic E-state index is -4.05. The molecule has 0 unspecified atom stereocenters. The van der Waals surface area contributed by atoms with Gasteiger partial charge in [0.2, 0.25) is 0 Å². The Labute approximate surface area is 222 Å². The maximum absolute atomic E-state index is 12.7. The van der Waals surface area contributed by atoms with Crippen LogP contribution in [0.4, 0.5) is 0 Å². The molecule has 0 radical (unpaired) electrons. The number of hydrogen-bond acceptors (Lipinski definition) is 8. The van der Waals surface area contributed by atoms with Gasteiger partial charge in [-0.1, -0.05) is 30.4 Å². The van der Waals surface area contributed by atoms with E-state index in [0.717, 1.165) is 5.56 Å². The third kappa shape index (κ3) is 7.59. The fourth-order valence-corrected chi connectivity index (χ4v) is 4.17. The fraction of sp³-hybridized carbons (Fsp3) is 0.214. The lowest BCUT2D eigenvalue weighted by Crippen LogP contribution is -2.17. The predicted octanol–water partition coefficient (Wildman–Crippen LogP) is 4.89. The highest BCUT2D eigenvalue weighted by atomic mass is 32.2. The van der Waals surface area contributed by atoms with Crippen LogP contribution < -0.4 is 23.8 Å². The summed E-state index contributed by atoms with van der Waals surface area (Å²) in [6, 6.07) is 15.8. The summed E-state index contributed by atoms with van der Waals surface area (Å²) in [5.41, 5.74) is 4.27. The number of carbonyl (C=O) groups excluding carboxylic acids is 1. The van der Waals surface area contributed by atoms with Gasteiger partial charge < -0.3 is 18.4 Å². The van der Waals surface area contributed by atoms with E-state index in [9.17, 15) is 13.2 Å². The zero-order chi connectivity index (χ0) is 27.5. The van der Waals surface area contributed by atoms with Gasteiger partial charge in [0.05, 0.1) is 19.4 Å². The molecule has 0 saturated heterocycles. The van der Waals surface area contributed by atoms with Gasteiger partial charge >= 0.3 is 10.1 Å². The molecule has 0 fully saturated rings. The van der Waals surface area contributed by atoms with Crippen LogP contribution in [0.3, 0.4) is 0 Å². The molecule has 0 aliphatic heterocycles. The van der Waals surface area contributed by atoms with Crippen molar-refractivity contribution in [2.45, 2.75) is 25.7 Å². The molecule has 3 aromatic carbocycles. The van der Waals surface area contributed by atoms with Gasteiger partial charge in [-0.15, -0.1) is 0 Å². The number of rotatable bonds is 13. The van der Waals surface area contributed by atoms with E-state index in [2.05, 4.69) is 17.1 Å². The Morgan fingerprint density at radius 1 is 0.895 bits per heavy atom. The highest BCUT2D eigenvalue weighted by molar-refractivity contribution is 7.87. The molecule has 0 heterocycles. The molecule has 1 amide bonds. The zero-order valence-corrected chi connectivity index (χ0v) is 22.3. The van der Waals surface area contributed by atoms with Gasteiger partial charge in [-0.05, 0) is 74.9 Å². The van der Waals surface area contributed by atoms with Gasteiger partial charge in [-0.2, -0.15) is 13.5 Å². The Balaban J connectivity index is 1.73. The van der Waals surface area contributed by atoms with Crippen LogP contribution >= 0.6 is 0 Å². The van der Waals surface area contributed by atoms with Gasteiger partial charge in [-0.25, -0.2) is 5.43 Å². The number of carbonyl (C=O) groups is 1. The lowest BCUT2D eigenvalue weighted by atomic mass is 10.2. The first-order valence-corrected chi connectivity index (χ1v) is 13.3. The molecule has 0 atom stereocenters. The van der Waals surface area contributed by atoms with Crippen LogP contribution in [-0.4, -0.2) is 40.4 Å². The summed E-state index contributed by atoms with van der Waals surface area (Å²) in [6.07, 6.45) is 3.02. The molecule has 0 aromatic heterocycles. The van der Waals surface area contributed by atoms with Gasteiger partial charge in [0, 0.05) is 5.56 Å². The first-order chi connectivity index (χ1) is 18.3. The molecular formula is C28H30N2O7S. The van der Waals surface area contributed by atoms with E-state index in [0.29, 0.717) is 35.8 Å². The summed E-state index contributed by atoms with van der Waals surface area (Å²) in [4.78, 5) is 12.6. The molecule has 1 N–H and O–H groups in total. The van der Waals surface area contributed by atoms with Crippen molar-refractivity contribution in [1.82, 2.24) is 5.43 Å². The summed E-state index contributed by atoms with van der Waals surface area (Å²) in [7, 11) is -4.05. The Hall–Kier alpha value is -4.31. The number of benzene rings is 3. The van der Waals surface area contributed by atoms with Gasteiger partial charge in [-0.3, -0.25) is 4.79 Å². The molecular weight excluding hydrogens is 508 g/mol. The van der Waals surface area contributed by atoms with E-state index in [4.69, 9.17) is 18.4 Å². The van der Waals surface area contributed by atoms with E-state index in [1.165, 1.54) is 24.4 Å². The summed E-state index contributed by atoms with van der Waals surface area (Å²) in [5, 5.41) is 4.00. The van der Waals surface area contributed by atoms with Crippen LogP contribution in [0.2, 0.25) is 0 Å². The summed E-state index contributed by atoms with van der Waals surface area (Å²) in [6.45, 7) is 10.1.